The smallest absolute Gasteiger partial charge is 0.259 e. The Bertz CT molecular complexity index is 581. The molecule has 1 aliphatic heterocycles. The molecule has 0 fully saturated rings. The maximum Gasteiger partial charge on any atom is 0.259 e. The number of carbonyl (C=O) groups excluding carboxylic acids is 2. The van der Waals surface area contributed by atoms with Crippen LogP contribution in [0.3, 0.4) is 0 Å². The van der Waals surface area contributed by atoms with Crippen LogP contribution < -0.4 is 0 Å². The number of nitrogens with zero attached hydrogens (tertiary/aromatic N) is 2. The molecule has 1 heterocycles. The van der Waals surface area contributed by atoms with Crippen molar-refractivity contribution < 1.29 is 9.59 Å². The molecule has 0 N–H and O–H groups in total. The average Bonchev–Trinajstić information content (AvgIpc) is 2.78. The van der Waals surface area contributed by atoms with Crippen molar-refractivity contribution in [1.82, 2.24) is 5.01 Å². The van der Waals surface area contributed by atoms with Crippen molar-refractivity contribution in [2.24, 2.45) is 11.0 Å². The molecule has 0 radical (unpaired) electrons. The molecule has 0 saturated heterocycles. The Morgan fingerprint density at radius 2 is 1.91 bits per heavy atom. The highest BCUT2D eigenvalue weighted by Gasteiger charge is 2.38. The van der Waals surface area contributed by atoms with Crippen molar-refractivity contribution in [3.8, 4) is 0 Å². The summed E-state index contributed by atoms with van der Waals surface area (Å²) >= 11 is 3.34. The van der Waals surface area contributed by atoms with Crippen LogP contribution in [0.5, 0.6) is 0 Å². The summed E-state index contributed by atoms with van der Waals surface area (Å²) < 4.78 is 0.907. The number of unbranched alkanes of at least 4 members (excludes halogenated alkanes) is 3. The summed E-state index contributed by atoms with van der Waals surface area (Å²) in [5.74, 6) is -1.12. The molecule has 0 bridgehead atoms. The molecule has 5 heteroatoms. The van der Waals surface area contributed by atoms with Gasteiger partial charge in [0.25, 0.3) is 5.91 Å². The fourth-order valence-electron chi connectivity index (χ4n) is 2.56. The van der Waals surface area contributed by atoms with Gasteiger partial charge < -0.3 is 0 Å². The van der Waals surface area contributed by atoms with Gasteiger partial charge in [-0.15, -0.1) is 0 Å². The second-order valence-corrected chi connectivity index (χ2v) is 6.48. The zero-order valence-electron chi connectivity index (χ0n) is 13.0. The zero-order valence-corrected chi connectivity index (χ0v) is 14.6. The van der Waals surface area contributed by atoms with Crippen LogP contribution in [0, 0.1) is 5.92 Å². The SMILES string of the molecule is CCCCCCN1N=C(C)[C@@H](C(=O)c2ccc(Br)cc2)C1=O. The Balaban J connectivity index is 2.03. The monoisotopic (exact) mass is 364 g/mol. The number of Topliss-reactive ketones (excluding diaryl/α,β-unsaturated/α-hetero) is 1. The van der Waals surface area contributed by atoms with Crippen molar-refractivity contribution in [1.29, 1.82) is 0 Å². The first-order valence-electron chi connectivity index (χ1n) is 7.71. The van der Waals surface area contributed by atoms with E-state index < -0.39 is 5.92 Å². The minimum Gasteiger partial charge on any atom is -0.293 e. The van der Waals surface area contributed by atoms with Gasteiger partial charge in [0.1, 0.15) is 5.92 Å². The summed E-state index contributed by atoms with van der Waals surface area (Å²) in [4.78, 5) is 25.0. The second kappa shape index (κ2) is 7.68. The van der Waals surface area contributed by atoms with Gasteiger partial charge in [0.05, 0.1) is 5.71 Å². The number of benzene rings is 1. The van der Waals surface area contributed by atoms with Crippen LogP contribution >= 0.6 is 15.9 Å². The lowest BCUT2D eigenvalue weighted by atomic mass is 9.94. The fourth-order valence-corrected chi connectivity index (χ4v) is 2.82. The molecule has 0 aromatic heterocycles. The van der Waals surface area contributed by atoms with Crippen LogP contribution in [-0.2, 0) is 4.79 Å². The van der Waals surface area contributed by atoms with Crippen molar-refractivity contribution >= 4 is 33.3 Å². The Kier molecular flexibility index (Phi) is 5.89. The third-order valence-electron chi connectivity index (χ3n) is 3.81. The summed E-state index contributed by atoms with van der Waals surface area (Å²) in [6, 6.07) is 7.08. The molecule has 1 amide bonds. The second-order valence-electron chi connectivity index (χ2n) is 5.57. The third-order valence-corrected chi connectivity index (χ3v) is 4.34. The van der Waals surface area contributed by atoms with E-state index >= 15 is 0 Å². The Labute approximate surface area is 139 Å². The van der Waals surface area contributed by atoms with Gasteiger partial charge in [-0.3, -0.25) is 9.59 Å². The minimum absolute atomic E-state index is 0.171. The van der Waals surface area contributed by atoms with E-state index in [0.29, 0.717) is 17.8 Å². The quantitative estimate of drug-likeness (QED) is 0.416. The molecule has 0 aliphatic carbocycles. The molecule has 1 aliphatic rings. The molecular weight excluding hydrogens is 344 g/mol. The maximum atomic E-state index is 12.6. The summed E-state index contributed by atoms with van der Waals surface area (Å²) in [6.45, 7) is 4.50. The van der Waals surface area contributed by atoms with E-state index in [0.717, 1.165) is 30.2 Å². The van der Waals surface area contributed by atoms with Crippen LogP contribution in [0.4, 0.5) is 0 Å². The number of carbonyl (C=O) groups is 2. The van der Waals surface area contributed by atoms with Gasteiger partial charge in [-0.05, 0) is 25.5 Å². The average molecular weight is 365 g/mol. The molecular formula is C17H21BrN2O2. The molecule has 22 heavy (non-hydrogen) atoms. The molecule has 1 aromatic carbocycles. The van der Waals surface area contributed by atoms with Gasteiger partial charge in [-0.25, -0.2) is 5.01 Å². The van der Waals surface area contributed by atoms with E-state index in [1.165, 1.54) is 5.01 Å². The van der Waals surface area contributed by atoms with E-state index in [1.807, 2.05) is 12.1 Å². The predicted octanol–water partition coefficient (Wildman–Crippen LogP) is 4.05. The first-order chi connectivity index (χ1) is 10.5. The largest absolute Gasteiger partial charge is 0.293 e. The molecule has 1 aromatic rings. The number of ketones is 1. The van der Waals surface area contributed by atoms with E-state index in [9.17, 15) is 9.59 Å². The number of hydrogen-bond donors (Lipinski definition) is 0. The van der Waals surface area contributed by atoms with Crippen LogP contribution in [-0.4, -0.2) is 29.0 Å². The summed E-state index contributed by atoms with van der Waals surface area (Å²) in [7, 11) is 0. The van der Waals surface area contributed by atoms with Crippen LogP contribution in [0.15, 0.2) is 33.8 Å². The van der Waals surface area contributed by atoms with E-state index in [4.69, 9.17) is 0 Å². The number of hydrogen-bond acceptors (Lipinski definition) is 3. The van der Waals surface area contributed by atoms with Gasteiger partial charge in [0.2, 0.25) is 0 Å². The normalized spacial score (nSPS) is 17.8. The standard InChI is InChI=1S/C17H21BrN2O2/c1-3-4-5-6-11-20-17(22)15(12(2)19-20)16(21)13-7-9-14(18)10-8-13/h7-10,15H,3-6,11H2,1-2H3/t15-/m0/s1. The van der Waals surface area contributed by atoms with Gasteiger partial charge in [0.15, 0.2) is 5.78 Å². The molecule has 0 spiro atoms. The van der Waals surface area contributed by atoms with Gasteiger partial charge in [-0.1, -0.05) is 54.2 Å². The number of amides is 1. The molecule has 0 saturated carbocycles. The summed E-state index contributed by atoms with van der Waals surface area (Å²) in [5, 5.41) is 5.75. The van der Waals surface area contributed by atoms with Crippen molar-refractivity contribution in [2.75, 3.05) is 6.54 Å². The van der Waals surface area contributed by atoms with E-state index in [-0.39, 0.29) is 11.7 Å². The van der Waals surface area contributed by atoms with E-state index in [2.05, 4.69) is 28.0 Å². The zero-order chi connectivity index (χ0) is 16.1. The minimum atomic E-state index is -0.757. The molecule has 118 valence electrons. The number of rotatable bonds is 7. The van der Waals surface area contributed by atoms with Crippen molar-refractivity contribution in [3.63, 3.8) is 0 Å². The van der Waals surface area contributed by atoms with Gasteiger partial charge >= 0.3 is 0 Å². The van der Waals surface area contributed by atoms with Crippen LogP contribution in [0.1, 0.15) is 49.9 Å². The number of halogens is 1. The maximum absolute atomic E-state index is 12.6. The Morgan fingerprint density at radius 3 is 2.55 bits per heavy atom. The molecule has 2 rings (SSSR count). The lowest BCUT2D eigenvalue weighted by Crippen LogP contribution is -2.33. The highest BCUT2D eigenvalue weighted by Crippen LogP contribution is 2.22. The van der Waals surface area contributed by atoms with Crippen molar-refractivity contribution in [2.45, 2.75) is 39.5 Å². The highest BCUT2D eigenvalue weighted by atomic mass is 79.9. The van der Waals surface area contributed by atoms with Crippen molar-refractivity contribution in [3.05, 3.63) is 34.3 Å². The lowest BCUT2D eigenvalue weighted by Gasteiger charge is -2.13. The first kappa shape index (κ1) is 16.9. The molecule has 4 nitrogen and oxygen atoms in total. The van der Waals surface area contributed by atoms with Gasteiger partial charge in [0, 0.05) is 16.6 Å². The highest BCUT2D eigenvalue weighted by molar-refractivity contribution is 9.10. The summed E-state index contributed by atoms with van der Waals surface area (Å²) in [6.07, 6.45) is 4.32. The van der Waals surface area contributed by atoms with E-state index in [1.54, 1.807) is 19.1 Å². The fraction of sp³-hybridized carbons (Fsp3) is 0.471. The lowest BCUT2D eigenvalue weighted by molar-refractivity contribution is -0.130. The molecule has 0 unspecified atom stereocenters. The Morgan fingerprint density at radius 1 is 1.23 bits per heavy atom. The van der Waals surface area contributed by atoms with Crippen LogP contribution in [0.25, 0.3) is 0 Å². The molecule has 1 atom stereocenters. The topological polar surface area (TPSA) is 49.7 Å². The number of hydrazone groups is 1. The third kappa shape index (κ3) is 3.83. The van der Waals surface area contributed by atoms with Gasteiger partial charge in [-0.2, -0.15) is 5.10 Å². The predicted molar refractivity (Wildman–Crippen MR) is 90.9 cm³/mol. The summed E-state index contributed by atoms with van der Waals surface area (Å²) in [5.41, 5.74) is 1.14. The first-order valence-corrected chi connectivity index (χ1v) is 8.50. The Hall–Kier alpha value is -1.49. The van der Waals surface area contributed by atoms with Crippen LogP contribution in [0.2, 0.25) is 0 Å².